The van der Waals surface area contributed by atoms with E-state index in [0.29, 0.717) is 18.2 Å². The minimum absolute atomic E-state index is 0.101. The zero-order valence-electron chi connectivity index (χ0n) is 14.2. The number of nitrogens with two attached hydrogens (primary N) is 1. The minimum atomic E-state index is -0.477. The molecule has 3 rings (SSSR count). The number of anilines is 4. The average Bonchev–Trinajstić information content (AvgIpc) is 3.03. The molecule has 0 spiro atoms. The van der Waals surface area contributed by atoms with Gasteiger partial charge in [0.15, 0.2) is 11.6 Å². The maximum Gasteiger partial charge on any atom is 0.233 e. The second-order valence-corrected chi connectivity index (χ2v) is 5.74. The van der Waals surface area contributed by atoms with E-state index in [1.807, 2.05) is 0 Å². The van der Waals surface area contributed by atoms with E-state index in [1.54, 1.807) is 13.2 Å². The van der Waals surface area contributed by atoms with Crippen LogP contribution in [0.3, 0.4) is 0 Å². The maximum absolute atomic E-state index is 13.8. The third-order valence-corrected chi connectivity index (χ3v) is 4.04. The van der Waals surface area contributed by atoms with Gasteiger partial charge in [-0.2, -0.15) is 15.0 Å². The van der Waals surface area contributed by atoms with E-state index >= 15 is 0 Å². The lowest BCUT2D eigenvalue weighted by Crippen LogP contribution is -2.34. The second-order valence-electron chi connectivity index (χ2n) is 5.74. The molecule has 0 unspecified atom stereocenters. The lowest BCUT2D eigenvalue weighted by Gasteiger charge is -2.24. The molecule has 3 N–H and O–H groups in total. The van der Waals surface area contributed by atoms with Gasteiger partial charge in [-0.1, -0.05) is 0 Å². The molecular formula is C16H21FN6O2. The molecule has 134 valence electrons. The lowest BCUT2D eigenvalue weighted by atomic mass is 10.2. The van der Waals surface area contributed by atoms with Crippen LogP contribution in [0.2, 0.25) is 0 Å². The molecule has 0 saturated carbocycles. The monoisotopic (exact) mass is 348 g/mol. The Morgan fingerprint density at radius 1 is 1.32 bits per heavy atom. The zero-order valence-corrected chi connectivity index (χ0v) is 14.2. The van der Waals surface area contributed by atoms with Crippen molar-refractivity contribution >= 4 is 23.5 Å². The molecule has 1 aromatic carbocycles. The van der Waals surface area contributed by atoms with Gasteiger partial charge in [0.1, 0.15) is 0 Å². The summed E-state index contributed by atoms with van der Waals surface area (Å²) in [5.41, 5.74) is 6.31. The topological polar surface area (TPSA) is 98.4 Å². The first-order valence-electron chi connectivity index (χ1n) is 7.98. The van der Waals surface area contributed by atoms with Crippen LogP contribution in [0.4, 0.5) is 27.9 Å². The third kappa shape index (κ3) is 3.87. The van der Waals surface area contributed by atoms with Crippen molar-refractivity contribution in [2.75, 3.05) is 43.3 Å². The maximum atomic E-state index is 13.8. The van der Waals surface area contributed by atoms with Gasteiger partial charge < -0.3 is 25.4 Å². The fourth-order valence-electron chi connectivity index (χ4n) is 2.90. The van der Waals surface area contributed by atoms with Crippen molar-refractivity contribution < 1.29 is 13.9 Å². The fraction of sp³-hybridized carbons (Fsp3) is 0.438. The number of nitrogens with zero attached hydrogens (tertiary/aromatic N) is 4. The fourth-order valence-corrected chi connectivity index (χ4v) is 2.90. The van der Waals surface area contributed by atoms with Crippen LogP contribution in [-0.2, 0) is 4.74 Å². The van der Waals surface area contributed by atoms with Crippen molar-refractivity contribution in [1.29, 1.82) is 0 Å². The minimum Gasteiger partial charge on any atom is -0.494 e. The van der Waals surface area contributed by atoms with Gasteiger partial charge in [-0.3, -0.25) is 0 Å². The van der Waals surface area contributed by atoms with Crippen molar-refractivity contribution in [3.63, 3.8) is 0 Å². The summed E-state index contributed by atoms with van der Waals surface area (Å²) in [5.74, 6) is 0.540. The van der Waals surface area contributed by atoms with Gasteiger partial charge in [0.25, 0.3) is 0 Å². The van der Waals surface area contributed by atoms with Gasteiger partial charge in [-0.05, 0) is 25.0 Å². The summed E-state index contributed by atoms with van der Waals surface area (Å²) in [6, 6.07) is 4.71. The second kappa shape index (κ2) is 7.47. The number of ether oxygens (including phenoxy) is 2. The van der Waals surface area contributed by atoms with Gasteiger partial charge in [0.05, 0.1) is 19.8 Å². The number of rotatable bonds is 6. The van der Waals surface area contributed by atoms with Crippen molar-refractivity contribution in [2.45, 2.75) is 18.9 Å². The van der Waals surface area contributed by atoms with Gasteiger partial charge in [0, 0.05) is 25.4 Å². The highest BCUT2D eigenvalue weighted by Crippen LogP contribution is 2.26. The van der Waals surface area contributed by atoms with E-state index in [0.717, 1.165) is 19.4 Å². The van der Waals surface area contributed by atoms with Gasteiger partial charge in [-0.25, -0.2) is 4.39 Å². The average molecular weight is 348 g/mol. The Bertz CT molecular complexity index is 745. The Labute approximate surface area is 145 Å². The number of nitrogen functional groups attached to an aromatic ring is 1. The van der Waals surface area contributed by atoms with E-state index in [1.165, 1.54) is 19.2 Å². The van der Waals surface area contributed by atoms with Crippen LogP contribution >= 0.6 is 0 Å². The molecule has 2 aromatic rings. The molecule has 1 aromatic heterocycles. The van der Waals surface area contributed by atoms with E-state index in [-0.39, 0.29) is 23.7 Å². The molecule has 0 radical (unpaired) electrons. The Balaban J connectivity index is 1.83. The predicted octanol–water partition coefficient (Wildman–Crippen LogP) is 1.96. The Morgan fingerprint density at radius 2 is 2.16 bits per heavy atom. The molecule has 0 amide bonds. The number of hydrogen-bond donors (Lipinski definition) is 2. The Kier molecular flexibility index (Phi) is 5.13. The summed E-state index contributed by atoms with van der Waals surface area (Å²) in [6.45, 7) is 1.42. The van der Waals surface area contributed by atoms with Crippen molar-refractivity contribution in [3.05, 3.63) is 24.0 Å². The van der Waals surface area contributed by atoms with Crippen molar-refractivity contribution in [2.24, 2.45) is 0 Å². The zero-order chi connectivity index (χ0) is 17.8. The highest BCUT2D eigenvalue weighted by Gasteiger charge is 2.27. The van der Waals surface area contributed by atoms with E-state index < -0.39 is 5.82 Å². The van der Waals surface area contributed by atoms with E-state index in [2.05, 4.69) is 25.2 Å². The van der Waals surface area contributed by atoms with Gasteiger partial charge >= 0.3 is 0 Å². The molecule has 25 heavy (non-hydrogen) atoms. The summed E-state index contributed by atoms with van der Waals surface area (Å²) in [6.07, 6.45) is 2.04. The Morgan fingerprint density at radius 3 is 2.88 bits per heavy atom. The van der Waals surface area contributed by atoms with E-state index in [9.17, 15) is 4.39 Å². The summed E-state index contributed by atoms with van der Waals surface area (Å²) < 4.78 is 24.0. The SMILES string of the molecule is COC[C@@H]1CCCN1c1nc(N)nc(Nc2ccc(OC)c(F)c2)n1. The molecule has 2 heterocycles. The van der Waals surface area contributed by atoms with Crippen LogP contribution in [0.25, 0.3) is 0 Å². The van der Waals surface area contributed by atoms with Crippen molar-refractivity contribution in [1.82, 2.24) is 15.0 Å². The number of aromatic nitrogens is 3. The molecule has 9 heteroatoms. The van der Waals surface area contributed by atoms with E-state index in [4.69, 9.17) is 15.2 Å². The van der Waals surface area contributed by atoms with Crippen LogP contribution in [0, 0.1) is 5.82 Å². The van der Waals surface area contributed by atoms with Crippen molar-refractivity contribution in [3.8, 4) is 5.75 Å². The van der Waals surface area contributed by atoms with Gasteiger partial charge in [0.2, 0.25) is 17.8 Å². The first-order chi connectivity index (χ1) is 12.1. The van der Waals surface area contributed by atoms with Crippen LogP contribution in [0.5, 0.6) is 5.75 Å². The highest BCUT2D eigenvalue weighted by atomic mass is 19.1. The summed E-state index contributed by atoms with van der Waals surface area (Å²) in [5, 5.41) is 2.95. The smallest absolute Gasteiger partial charge is 0.233 e. The molecule has 1 aliphatic rings. The Hall–Kier alpha value is -2.68. The standard InChI is InChI=1S/C16H21FN6O2/c1-24-9-11-4-3-7-23(11)16-21-14(18)20-15(22-16)19-10-5-6-13(25-2)12(17)8-10/h5-6,8,11H,3-4,7,9H2,1-2H3,(H3,18,19,20,21,22)/t11-/m0/s1. The van der Waals surface area contributed by atoms with Crippen LogP contribution < -0.4 is 20.7 Å². The number of hydrogen-bond acceptors (Lipinski definition) is 8. The summed E-state index contributed by atoms with van der Waals surface area (Å²) in [4.78, 5) is 14.8. The van der Waals surface area contributed by atoms with Crippen LogP contribution in [0.15, 0.2) is 18.2 Å². The first kappa shape index (κ1) is 17.2. The molecule has 0 bridgehead atoms. The number of nitrogens with one attached hydrogen (secondary N) is 1. The first-order valence-corrected chi connectivity index (χ1v) is 7.98. The van der Waals surface area contributed by atoms with Crippen LogP contribution in [-0.4, -0.2) is 48.4 Å². The lowest BCUT2D eigenvalue weighted by molar-refractivity contribution is 0.180. The largest absolute Gasteiger partial charge is 0.494 e. The molecule has 1 atom stereocenters. The molecule has 1 saturated heterocycles. The molecule has 1 aliphatic heterocycles. The number of benzene rings is 1. The number of halogens is 1. The quantitative estimate of drug-likeness (QED) is 0.817. The third-order valence-electron chi connectivity index (χ3n) is 4.04. The summed E-state index contributed by atoms with van der Waals surface area (Å²) >= 11 is 0. The summed E-state index contributed by atoms with van der Waals surface area (Å²) in [7, 11) is 3.08. The molecule has 0 aliphatic carbocycles. The highest BCUT2D eigenvalue weighted by molar-refractivity contribution is 5.57. The molecule has 1 fully saturated rings. The molecular weight excluding hydrogens is 327 g/mol. The normalized spacial score (nSPS) is 16.9. The molecule has 8 nitrogen and oxygen atoms in total. The predicted molar refractivity (Wildman–Crippen MR) is 92.7 cm³/mol. The van der Waals surface area contributed by atoms with Gasteiger partial charge in [-0.15, -0.1) is 0 Å². The number of methoxy groups -OCH3 is 2. The van der Waals surface area contributed by atoms with Crippen LogP contribution in [0.1, 0.15) is 12.8 Å².